The molecule has 4 N–H and O–H groups in total. The topological polar surface area (TPSA) is 197 Å². The molecule has 5 aromatic rings. The molecule has 2 fully saturated rings. The van der Waals surface area contributed by atoms with Crippen LogP contribution in [0.1, 0.15) is 61.8 Å². The van der Waals surface area contributed by atoms with E-state index in [2.05, 4.69) is 35.7 Å². The molecule has 3 aromatic carbocycles. The lowest BCUT2D eigenvalue weighted by molar-refractivity contribution is -0.144. The van der Waals surface area contributed by atoms with Crippen LogP contribution in [0.3, 0.4) is 0 Å². The SMILES string of the molecule is Cc1ncsc1-c1ccc([C@H](C)NC(=O)[C@@H]2C[C@@H](O)CN2C(=O)[C@@H](NC(=O)COCCOCCOCCOc2ccc(C(=O)Nc3ccc(N4CCN(c5ccccn5)CC4)cc3)cc2)C(C)(C)C)cc1. The van der Waals surface area contributed by atoms with Gasteiger partial charge in [0, 0.05) is 62.3 Å². The van der Waals surface area contributed by atoms with Crippen LogP contribution in [0.2, 0.25) is 0 Å². The number of nitrogens with one attached hydrogen (secondary N) is 3. The van der Waals surface area contributed by atoms with E-state index < -0.39 is 35.4 Å². The molecule has 4 heterocycles. The number of aliphatic hydroxyl groups excluding tert-OH is 1. The Bertz CT molecular complexity index is 2500. The zero-order chi connectivity index (χ0) is 50.3. The second-order valence-electron chi connectivity index (χ2n) is 18.7. The summed E-state index contributed by atoms with van der Waals surface area (Å²) < 4.78 is 22.5. The number of aliphatic hydroxyl groups is 1. The van der Waals surface area contributed by atoms with E-state index in [0.717, 1.165) is 59.4 Å². The second kappa shape index (κ2) is 25.1. The number of carbonyl (C=O) groups is 4. The van der Waals surface area contributed by atoms with Gasteiger partial charge in [0.25, 0.3) is 5.91 Å². The monoisotopic (exact) mass is 990 g/mol. The molecule has 378 valence electrons. The third-order valence-corrected chi connectivity index (χ3v) is 13.4. The average Bonchev–Trinajstić information content (AvgIpc) is 4.00. The van der Waals surface area contributed by atoms with E-state index in [1.807, 2.05) is 113 Å². The molecule has 0 bridgehead atoms. The van der Waals surface area contributed by atoms with Gasteiger partial charge in [0.15, 0.2) is 0 Å². The number of aryl methyl sites for hydroxylation is 1. The zero-order valence-corrected chi connectivity index (χ0v) is 42.0. The number of carbonyl (C=O) groups excluding carboxylic acids is 4. The Labute approximate surface area is 419 Å². The lowest BCUT2D eigenvalue weighted by Gasteiger charge is -2.36. The molecule has 2 aromatic heterocycles. The normalized spacial score (nSPS) is 16.8. The molecule has 4 atom stereocenters. The van der Waals surface area contributed by atoms with Gasteiger partial charge in [0.2, 0.25) is 17.7 Å². The lowest BCUT2D eigenvalue weighted by atomic mass is 9.85. The lowest BCUT2D eigenvalue weighted by Crippen LogP contribution is -2.58. The van der Waals surface area contributed by atoms with Crippen molar-refractivity contribution >= 4 is 52.2 Å². The summed E-state index contributed by atoms with van der Waals surface area (Å²) >= 11 is 1.57. The Hall–Kier alpha value is -6.44. The number of pyridine rings is 1. The first kappa shape index (κ1) is 52.4. The van der Waals surface area contributed by atoms with Gasteiger partial charge < -0.3 is 54.7 Å². The predicted molar refractivity (Wildman–Crippen MR) is 274 cm³/mol. The molecular formula is C53H66N8O9S. The molecule has 7 rings (SSSR count). The molecule has 2 aliphatic rings. The molecule has 71 heavy (non-hydrogen) atoms. The van der Waals surface area contributed by atoms with Crippen LogP contribution in [0.4, 0.5) is 17.2 Å². The highest BCUT2D eigenvalue weighted by Crippen LogP contribution is 2.30. The van der Waals surface area contributed by atoms with Crippen molar-refractivity contribution in [2.24, 2.45) is 5.41 Å². The van der Waals surface area contributed by atoms with Gasteiger partial charge in [-0.25, -0.2) is 9.97 Å². The summed E-state index contributed by atoms with van der Waals surface area (Å²) in [6.07, 6.45) is 1.02. The molecule has 0 unspecified atom stereocenters. The molecule has 4 amide bonds. The summed E-state index contributed by atoms with van der Waals surface area (Å²) in [6.45, 7) is 14.2. The summed E-state index contributed by atoms with van der Waals surface area (Å²) in [5.74, 6) is 0.0801. The number of benzene rings is 3. The van der Waals surface area contributed by atoms with Crippen molar-refractivity contribution < 1.29 is 43.2 Å². The number of likely N-dealkylation sites (tertiary alicyclic amines) is 1. The highest BCUT2D eigenvalue weighted by Gasteiger charge is 2.44. The van der Waals surface area contributed by atoms with Crippen molar-refractivity contribution in [1.29, 1.82) is 0 Å². The first-order valence-corrected chi connectivity index (χ1v) is 25.0. The third-order valence-electron chi connectivity index (χ3n) is 12.4. The number of β-amino-alcohol motifs (C(OH)–C–C–N with tert-alkyl or cyclic N) is 1. The fourth-order valence-electron chi connectivity index (χ4n) is 8.44. The van der Waals surface area contributed by atoms with Crippen molar-refractivity contribution in [2.45, 2.75) is 65.3 Å². The van der Waals surface area contributed by atoms with E-state index in [4.69, 9.17) is 18.9 Å². The average molecular weight is 991 g/mol. The predicted octanol–water partition coefficient (Wildman–Crippen LogP) is 5.89. The van der Waals surface area contributed by atoms with E-state index in [0.29, 0.717) is 43.4 Å². The van der Waals surface area contributed by atoms with E-state index in [1.54, 1.807) is 35.6 Å². The maximum absolute atomic E-state index is 14.0. The molecule has 18 heteroatoms. The Morgan fingerprint density at radius 2 is 1.45 bits per heavy atom. The fraction of sp³-hybridized carbons (Fsp3) is 0.434. The Balaban J connectivity index is 0.735. The maximum Gasteiger partial charge on any atom is 0.255 e. The number of nitrogens with zero attached hydrogens (tertiary/aromatic N) is 5. The van der Waals surface area contributed by atoms with Crippen molar-refractivity contribution in [3.63, 3.8) is 0 Å². The van der Waals surface area contributed by atoms with Gasteiger partial charge in [-0.1, -0.05) is 51.1 Å². The summed E-state index contributed by atoms with van der Waals surface area (Å²) in [7, 11) is 0. The van der Waals surface area contributed by atoms with E-state index in [9.17, 15) is 24.3 Å². The molecule has 0 radical (unpaired) electrons. The second-order valence-corrected chi connectivity index (χ2v) is 19.5. The van der Waals surface area contributed by atoms with Crippen LogP contribution in [0.5, 0.6) is 5.75 Å². The van der Waals surface area contributed by atoms with Crippen LogP contribution in [-0.2, 0) is 28.6 Å². The number of hydrogen-bond donors (Lipinski definition) is 4. The van der Waals surface area contributed by atoms with Gasteiger partial charge in [-0.05, 0) is 91.1 Å². The number of hydrogen-bond acceptors (Lipinski definition) is 14. The van der Waals surface area contributed by atoms with Crippen molar-refractivity contribution in [1.82, 2.24) is 25.5 Å². The van der Waals surface area contributed by atoms with Crippen molar-refractivity contribution in [3.8, 4) is 16.2 Å². The van der Waals surface area contributed by atoms with Crippen LogP contribution in [0.25, 0.3) is 10.4 Å². The minimum absolute atomic E-state index is 0.0256. The largest absolute Gasteiger partial charge is 0.491 e. The van der Waals surface area contributed by atoms with Gasteiger partial charge in [-0.2, -0.15) is 0 Å². The number of amides is 4. The van der Waals surface area contributed by atoms with Gasteiger partial charge in [0.05, 0.1) is 61.3 Å². The van der Waals surface area contributed by atoms with Gasteiger partial charge >= 0.3 is 0 Å². The minimum Gasteiger partial charge on any atom is -0.491 e. The number of ether oxygens (including phenoxy) is 4. The van der Waals surface area contributed by atoms with Gasteiger partial charge in [-0.3, -0.25) is 19.2 Å². The molecule has 17 nitrogen and oxygen atoms in total. The first-order valence-electron chi connectivity index (χ1n) is 24.1. The molecule has 0 spiro atoms. The molecule has 0 saturated carbocycles. The summed E-state index contributed by atoms with van der Waals surface area (Å²) in [5, 5.41) is 19.4. The smallest absolute Gasteiger partial charge is 0.255 e. The van der Waals surface area contributed by atoms with E-state index in [1.165, 1.54) is 4.90 Å². The Morgan fingerprint density at radius 1 is 0.789 bits per heavy atom. The van der Waals surface area contributed by atoms with E-state index >= 15 is 0 Å². The number of anilines is 3. The molecule has 0 aliphatic carbocycles. The Kier molecular flexibility index (Phi) is 18.5. The van der Waals surface area contributed by atoms with Gasteiger partial charge in [0.1, 0.15) is 36.9 Å². The van der Waals surface area contributed by atoms with E-state index in [-0.39, 0.29) is 50.6 Å². The maximum atomic E-state index is 14.0. The zero-order valence-electron chi connectivity index (χ0n) is 41.2. The molecular weight excluding hydrogens is 925 g/mol. The van der Waals surface area contributed by atoms with Crippen LogP contribution in [-0.4, -0.2) is 141 Å². The van der Waals surface area contributed by atoms with Gasteiger partial charge in [-0.15, -0.1) is 11.3 Å². The van der Waals surface area contributed by atoms with Crippen molar-refractivity contribution in [2.75, 3.05) is 94.1 Å². The van der Waals surface area contributed by atoms with Crippen LogP contribution >= 0.6 is 11.3 Å². The van der Waals surface area contributed by atoms with Crippen LogP contribution in [0.15, 0.2) is 103 Å². The first-order chi connectivity index (χ1) is 34.2. The Morgan fingerprint density at radius 3 is 2.08 bits per heavy atom. The van der Waals surface area contributed by atoms with Crippen LogP contribution in [0, 0.1) is 12.3 Å². The number of thiazole rings is 1. The quantitative estimate of drug-likeness (QED) is 0.0600. The summed E-state index contributed by atoms with van der Waals surface area (Å²) in [6, 6.07) is 26.5. The molecule has 2 saturated heterocycles. The number of rotatable bonds is 22. The highest BCUT2D eigenvalue weighted by atomic mass is 32.1. The third kappa shape index (κ3) is 14.8. The summed E-state index contributed by atoms with van der Waals surface area (Å²) in [4.78, 5) is 69.5. The summed E-state index contributed by atoms with van der Waals surface area (Å²) in [5.41, 5.74) is 6.34. The number of piperazine rings is 1. The standard InChI is InChI=1S/C53H66N8O9S/c1-36(38-9-11-39(12-10-38)48-37(2)55-35-71-48)56-51(65)45-32-43(62)33-61(45)52(66)49(53(3,4)5)58-47(63)34-69-29-28-67-26-27-68-30-31-70-44-19-13-40(14-20-44)50(64)57-41-15-17-42(18-16-41)59-22-24-60(25-23-59)46-8-6-7-21-54-46/h6-21,35-36,43,45,49,62H,22-34H2,1-5H3,(H,56,65)(H,57,64)(H,58,63)/t36-,43+,45-,49+/m0/s1. The van der Waals surface area contributed by atoms with Crippen molar-refractivity contribution in [3.05, 3.63) is 120 Å². The minimum atomic E-state index is -0.977. The van der Waals surface area contributed by atoms with Crippen LogP contribution < -0.4 is 30.5 Å². The number of aromatic nitrogens is 2. The highest BCUT2D eigenvalue weighted by molar-refractivity contribution is 7.13. The fourth-order valence-corrected chi connectivity index (χ4v) is 9.25. The molecule has 2 aliphatic heterocycles.